The summed E-state index contributed by atoms with van der Waals surface area (Å²) in [6, 6.07) is 4.07. The maximum atomic E-state index is 12.9. The lowest BCUT2D eigenvalue weighted by Gasteiger charge is -2.18. The third kappa shape index (κ3) is 3.74. The van der Waals surface area contributed by atoms with Crippen LogP contribution in [0.5, 0.6) is 0 Å². The minimum atomic E-state index is -3.79. The van der Waals surface area contributed by atoms with Gasteiger partial charge in [0, 0.05) is 24.2 Å². The summed E-state index contributed by atoms with van der Waals surface area (Å²) >= 11 is 1.42. The molecule has 3 rings (SSSR count). The van der Waals surface area contributed by atoms with Gasteiger partial charge in [0.15, 0.2) is 5.58 Å². The Balaban J connectivity index is 1.96. The predicted molar refractivity (Wildman–Crippen MR) is 101 cm³/mol. The van der Waals surface area contributed by atoms with Crippen molar-refractivity contribution in [2.45, 2.75) is 44.7 Å². The van der Waals surface area contributed by atoms with Crippen LogP contribution in [-0.4, -0.2) is 18.0 Å². The first-order valence-electron chi connectivity index (χ1n) is 8.37. The summed E-state index contributed by atoms with van der Waals surface area (Å²) < 4.78 is 35.1. The number of hydrogen-bond acceptors (Lipinski definition) is 6. The third-order valence-corrected chi connectivity index (χ3v) is 6.38. The van der Waals surface area contributed by atoms with Gasteiger partial charge in [0.1, 0.15) is 5.01 Å². The first-order chi connectivity index (χ1) is 12.3. The van der Waals surface area contributed by atoms with Crippen LogP contribution in [-0.2, 0) is 16.6 Å². The molecule has 3 aromatic rings. The van der Waals surface area contributed by atoms with E-state index in [0.717, 1.165) is 5.01 Å². The average Bonchev–Trinajstić information content (AvgIpc) is 3.19. The molecule has 0 aliphatic rings. The van der Waals surface area contributed by atoms with Crippen LogP contribution in [0.4, 0.5) is 0 Å². The van der Waals surface area contributed by atoms with Crippen molar-refractivity contribution in [2.75, 3.05) is 0 Å². The molecular weight excluding hydrogens is 374 g/mol. The molecule has 9 heteroatoms. The molecule has 1 atom stereocenters. The zero-order valence-corrected chi connectivity index (χ0v) is 16.4. The van der Waals surface area contributed by atoms with Gasteiger partial charge < -0.3 is 4.42 Å². The van der Waals surface area contributed by atoms with Crippen LogP contribution in [0.25, 0.3) is 11.1 Å². The highest BCUT2D eigenvalue weighted by atomic mass is 32.2. The second kappa shape index (κ2) is 7.34. The quantitative estimate of drug-likeness (QED) is 0.663. The molecule has 0 bridgehead atoms. The van der Waals surface area contributed by atoms with Gasteiger partial charge in [-0.2, -0.15) is 0 Å². The molecule has 26 heavy (non-hydrogen) atoms. The number of aromatic nitrogens is 2. The van der Waals surface area contributed by atoms with E-state index >= 15 is 0 Å². The lowest BCUT2D eigenvalue weighted by Crippen LogP contribution is -2.29. The molecule has 1 unspecified atom stereocenters. The molecular formula is C17H21N3O4S2. The zero-order chi connectivity index (χ0) is 18.9. The monoisotopic (exact) mass is 395 g/mol. The molecule has 2 aromatic heterocycles. The SMILES string of the molecule is CCn1c(=O)oc2cc(S(=O)(=O)NC(CC(C)C)c3nccs3)ccc21. The van der Waals surface area contributed by atoms with Crippen molar-refractivity contribution in [3.63, 3.8) is 0 Å². The Kier molecular flexibility index (Phi) is 5.31. The van der Waals surface area contributed by atoms with E-state index in [1.165, 1.54) is 28.0 Å². The fraction of sp³-hybridized carbons (Fsp3) is 0.412. The number of nitrogens with zero attached hydrogens (tertiary/aromatic N) is 2. The van der Waals surface area contributed by atoms with Gasteiger partial charge in [-0.15, -0.1) is 11.3 Å². The first-order valence-corrected chi connectivity index (χ1v) is 10.7. The minimum absolute atomic E-state index is 0.0623. The summed E-state index contributed by atoms with van der Waals surface area (Å²) in [6.45, 7) is 6.34. The Hall–Kier alpha value is -1.97. The van der Waals surface area contributed by atoms with E-state index in [-0.39, 0.29) is 10.5 Å². The fourth-order valence-corrected chi connectivity index (χ4v) is 4.85. The standard InChI is InChI=1S/C17H21N3O4S2/c1-4-20-14-6-5-12(10-15(14)24-17(20)21)26(22,23)19-13(9-11(2)3)16-18-7-8-25-16/h5-8,10-11,13,19H,4,9H2,1-3H3. The van der Waals surface area contributed by atoms with Crippen molar-refractivity contribution in [2.24, 2.45) is 5.92 Å². The second-order valence-electron chi connectivity index (χ2n) is 6.42. The number of benzene rings is 1. The van der Waals surface area contributed by atoms with E-state index in [2.05, 4.69) is 9.71 Å². The first kappa shape index (κ1) is 18.8. The number of aryl methyl sites for hydroxylation is 1. The van der Waals surface area contributed by atoms with E-state index in [1.54, 1.807) is 12.3 Å². The van der Waals surface area contributed by atoms with Gasteiger partial charge >= 0.3 is 5.76 Å². The lowest BCUT2D eigenvalue weighted by molar-refractivity contribution is 0.470. The number of fused-ring (bicyclic) bond motifs is 1. The van der Waals surface area contributed by atoms with Crippen molar-refractivity contribution in [3.8, 4) is 0 Å². The van der Waals surface area contributed by atoms with Gasteiger partial charge in [-0.25, -0.2) is 22.9 Å². The summed E-state index contributed by atoms with van der Waals surface area (Å²) in [6.07, 6.45) is 2.30. The summed E-state index contributed by atoms with van der Waals surface area (Å²) in [7, 11) is -3.79. The normalized spacial score (nSPS) is 13.5. The van der Waals surface area contributed by atoms with Gasteiger partial charge in [-0.05, 0) is 31.4 Å². The third-order valence-electron chi connectivity index (χ3n) is 4.02. The van der Waals surface area contributed by atoms with Gasteiger partial charge in [0.2, 0.25) is 10.0 Å². The Morgan fingerprint density at radius 3 is 2.73 bits per heavy atom. The zero-order valence-electron chi connectivity index (χ0n) is 14.8. The van der Waals surface area contributed by atoms with Crippen molar-refractivity contribution in [3.05, 3.63) is 45.3 Å². The Morgan fingerprint density at radius 1 is 1.35 bits per heavy atom. The minimum Gasteiger partial charge on any atom is -0.408 e. The van der Waals surface area contributed by atoms with Crippen LogP contribution in [0.1, 0.15) is 38.2 Å². The largest absolute Gasteiger partial charge is 0.419 e. The van der Waals surface area contributed by atoms with Crippen molar-refractivity contribution in [1.82, 2.24) is 14.3 Å². The topological polar surface area (TPSA) is 94.2 Å². The summed E-state index contributed by atoms with van der Waals surface area (Å²) in [5.41, 5.74) is 0.837. The highest BCUT2D eigenvalue weighted by Crippen LogP contribution is 2.26. The van der Waals surface area contributed by atoms with E-state index < -0.39 is 21.8 Å². The lowest BCUT2D eigenvalue weighted by atomic mass is 10.1. The van der Waals surface area contributed by atoms with Crippen molar-refractivity contribution >= 4 is 32.5 Å². The summed E-state index contributed by atoms with van der Waals surface area (Å²) in [5.74, 6) is -0.198. The van der Waals surface area contributed by atoms with E-state index in [1.807, 2.05) is 26.2 Å². The Bertz CT molecular complexity index is 1050. The smallest absolute Gasteiger partial charge is 0.408 e. The van der Waals surface area contributed by atoms with E-state index in [4.69, 9.17) is 4.42 Å². The number of rotatable bonds is 7. The number of thiazole rings is 1. The molecule has 2 heterocycles. The molecule has 0 amide bonds. The number of nitrogens with one attached hydrogen (secondary N) is 1. The van der Waals surface area contributed by atoms with Gasteiger partial charge in [-0.3, -0.25) is 4.57 Å². The molecule has 0 aliphatic carbocycles. The van der Waals surface area contributed by atoms with Crippen LogP contribution in [0, 0.1) is 5.92 Å². The maximum Gasteiger partial charge on any atom is 0.419 e. The molecule has 0 fully saturated rings. The summed E-state index contributed by atoms with van der Waals surface area (Å²) in [4.78, 5) is 16.1. The van der Waals surface area contributed by atoms with Crippen LogP contribution < -0.4 is 10.5 Å². The molecule has 0 saturated carbocycles. The van der Waals surface area contributed by atoms with Crippen molar-refractivity contribution in [1.29, 1.82) is 0 Å². The van der Waals surface area contributed by atoms with Crippen LogP contribution in [0.3, 0.4) is 0 Å². The predicted octanol–water partition coefficient (Wildman–Crippen LogP) is 3.14. The molecule has 140 valence electrons. The molecule has 0 saturated heterocycles. The number of sulfonamides is 1. The van der Waals surface area contributed by atoms with Crippen LogP contribution in [0.15, 0.2) is 43.9 Å². The molecule has 0 radical (unpaired) electrons. The van der Waals surface area contributed by atoms with Gasteiger partial charge in [0.25, 0.3) is 0 Å². The summed E-state index contributed by atoms with van der Waals surface area (Å²) in [5, 5.41) is 2.55. The van der Waals surface area contributed by atoms with Crippen molar-refractivity contribution < 1.29 is 12.8 Å². The average molecular weight is 396 g/mol. The fourth-order valence-electron chi connectivity index (χ4n) is 2.85. The van der Waals surface area contributed by atoms with Crippen LogP contribution >= 0.6 is 11.3 Å². The van der Waals surface area contributed by atoms with Gasteiger partial charge in [0.05, 0.1) is 16.5 Å². The molecule has 0 aliphatic heterocycles. The second-order valence-corrected chi connectivity index (χ2v) is 9.06. The molecule has 7 nitrogen and oxygen atoms in total. The van der Waals surface area contributed by atoms with E-state index in [0.29, 0.717) is 24.4 Å². The Morgan fingerprint density at radius 2 is 2.12 bits per heavy atom. The molecule has 0 spiro atoms. The van der Waals surface area contributed by atoms with Crippen LogP contribution in [0.2, 0.25) is 0 Å². The highest BCUT2D eigenvalue weighted by Gasteiger charge is 2.25. The van der Waals surface area contributed by atoms with Gasteiger partial charge in [-0.1, -0.05) is 13.8 Å². The molecule has 1 N–H and O–H groups in total. The Labute approximate surface area is 155 Å². The maximum absolute atomic E-state index is 12.9. The number of hydrogen-bond donors (Lipinski definition) is 1. The molecule has 1 aromatic carbocycles. The number of oxazole rings is 1. The highest BCUT2D eigenvalue weighted by molar-refractivity contribution is 7.89. The van der Waals surface area contributed by atoms with E-state index in [9.17, 15) is 13.2 Å².